The smallest absolute Gasteiger partial charge is 0.251 e. The van der Waals surface area contributed by atoms with Gasteiger partial charge >= 0.3 is 0 Å². The second kappa shape index (κ2) is 7.13. The molecule has 1 aromatic rings. The summed E-state index contributed by atoms with van der Waals surface area (Å²) in [7, 11) is 0. The second-order valence-electron chi connectivity index (χ2n) is 6.83. The minimum absolute atomic E-state index is 0.0877. The van der Waals surface area contributed by atoms with E-state index in [2.05, 4.69) is 10.6 Å². The fourth-order valence-corrected chi connectivity index (χ4v) is 3.00. The first kappa shape index (κ1) is 17.5. The zero-order valence-electron chi connectivity index (χ0n) is 14.2. The number of nitrogens with one attached hydrogen (secondary N) is 2. The molecule has 4 N–H and O–H groups in total. The van der Waals surface area contributed by atoms with Crippen LogP contribution >= 0.6 is 0 Å². The molecule has 0 unspecified atom stereocenters. The van der Waals surface area contributed by atoms with Gasteiger partial charge in [0.05, 0.1) is 5.54 Å². The molecule has 23 heavy (non-hydrogen) atoms. The van der Waals surface area contributed by atoms with Crippen LogP contribution in [0, 0.1) is 6.92 Å². The van der Waals surface area contributed by atoms with Crippen LogP contribution in [0.4, 0.5) is 5.69 Å². The largest absolute Gasteiger partial charge is 0.350 e. The summed E-state index contributed by atoms with van der Waals surface area (Å²) >= 11 is 0. The Labute approximate surface area is 138 Å². The molecular weight excluding hydrogens is 290 g/mol. The quantitative estimate of drug-likeness (QED) is 0.798. The topological polar surface area (TPSA) is 84.2 Å². The van der Waals surface area contributed by atoms with Gasteiger partial charge in [-0.25, -0.2) is 0 Å². The first-order valence-electron chi connectivity index (χ1n) is 8.34. The van der Waals surface area contributed by atoms with E-state index in [0.717, 1.165) is 37.7 Å². The fraction of sp³-hybridized carbons (Fsp3) is 0.556. The minimum Gasteiger partial charge on any atom is -0.350 e. The molecule has 1 aromatic carbocycles. The Morgan fingerprint density at radius 1 is 1.17 bits per heavy atom. The molecule has 126 valence electrons. The van der Waals surface area contributed by atoms with E-state index in [-0.39, 0.29) is 17.9 Å². The zero-order valence-corrected chi connectivity index (χ0v) is 14.2. The number of rotatable bonds is 4. The zero-order chi connectivity index (χ0) is 17.0. The van der Waals surface area contributed by atoms with Crippen molar-refractivity contribution in [2.45, 2.75) is 64.5 Å². The van der Waals surface area contributed by atoms with Crippen LogP contribution in [0.25, 0.3) is 0 Å². The van der Waals surface area contributed by atoms with Crippen LogP contribution < -0.4 is 16.4 Å². The summed E-state index contributed by atoms with van der Waals surface area (Å²) in [6, 6.07) is 5.41. The van der Waals surface area contributed by atoms with Crippen molar-refractivity contribution in [3.05, 3.63) is 29.3 Å². The second-order valence-corrected chi connectivity index (χ2v) is 6.83. The number of anilines is 1. The summed E-state index contributed by atoms with van der Waals surface area (Å²) in [5.74, 6) is -0.228. The van der Waals surface area contributed by atoms with Crippen molar-refractivity contribution in [2.24, 2.45) is 5.73 Å². The molecule has 1 aliphatic rings. The Balaban J connectivity index is 2.08. The van der Waals surface area contributed by atoms with Gasteiger partial charge in [0, 0.05) is 17.3 Å². The van der Waals surface area contributed by atoms with Crippen LogP contribution in [0.1, 0.15) is 61.9 Å². The molecule has 0 atom stereocenters. The molecule has 2 rings (SSSR count). The van der Waals surface area contributed by atoms with E-state index in [1.807, 2.05) is 26.8 Å². The summed E-state index contributed by atoms with van der Waals surface area (Å²) in [6.07, 6.45) is 4.60. The van der Waals surface area contributed by atoms with Crippen LogP contribution in [-0.4, -0.2) is 23.4 Å². The lowest BCUT2D eigenvalue weighted by atomic mass is 9.82. The highest BCUT2D eigenvalue weighted by Gasteiger charge is 2.35. The molecule has 0 spiro atoms. The average Bonchev–Trinajstić information content (AvgIpc) is 2.47. The first-order chi connectivity index (χ1) is 10.8. The van der Waals surface area contributed by atoms with E-state index in [0.29, 0.717) is 11.3 Å². The Morgan fingerprint density at radius 2 is 1.83 bits per heavy atom. The molecule has 0 heterocycles. The average molecular weight is 317 g/mol. The number of benzene rings is 1. The highest BCUT2D eigenvalue weighted by atomic mass is 16.2. The molecule has 5 heteroatoms. The van der Waals surface area contributed by atoms with Gasteiger partial charge < -0.3 is 16.4 Å². The summed E-state index contributed by atoms with van der Waals surface area (Å²) < 4.78 is 0. The summed E-state index contributed by atoms with van der Waals surface area (Å²) in [4.78, 5) is 24.5. The van der Waals surface area contributed by atoms with Crippen molar-refractivity contribution in [3.8, 4) is 0 Å². The molecule has 0 bridgehead atoms. The van der Waals surface area contributed by atoms with Crippen molar-refractivity contribution in [1.29, 1.82) is 0 Å². The van der Waals surface area contributed by atoms with E-state index in [1.165, 1.54) is 0 Å². The third-order valence-corrected chi connectivity index (χ3v) is 4.35. The molecule has 0 aliphatic heterocycles. The molecule has 0 aromatic heterocycles. The van der Waals surface area contributed by atoms with Crippen molar-refractivity contribution in [3.63, 3.8) is 0 Å². The van der Waals surface area contributed by atoms with Gasteiger partial charge in [-0.1, -0.05) is 19.3 Å². The lowest BCUT2D eigenvalue weighted by Gasteiger charge is -2.31. The van der Waals surface area contributed by atoms with Gasteiger partial charge in [0.15, 0.2) is 0 Å². The van der Waals surface area contributed by atoms with Crippen molar-refractivity contribution < 1.29 is 9.59 Å². The molecule has 1 saturated carbocycles. The molecule has 1 aliphatic carbocycles. The lowest BCUT2D eigenvalue weighted by Crippen LogP contribution is -2.52. The van der Waals surface area contributed by atoms with Crippen LogP contribution in [-0.2, 0) is 4.79 Å². The van der Waals surface area contributed by atoms with Gasteiger partial charge in [0.25, 0.3) is 5.91 Å². The number of carbonyl (C=O) groups excluding carboxylic acids is 2. The maximum absolute atomic E-state index is 12.4. The van der Waals surface area contributed by atoms with Crippen LogP contribution in [0.2, 0.25) is 0 Å². The number of hydrogen-bond acceptors (Lipinski definition) is 3. The van der Waals surface area contributed by atoms with E-state index in [4.69, 9.17) is 5.73 Å². The summed E-state index contributed by atoms with van der Waals surface area (Å²) in [5.41, 5.74) is 7.62. The third kappa shape index (κ3) is 4.32. The Bertz CT molecular complexity index is 590. The first-order valence-corrected chi connectivity index (χ1v) is 8.34. The summed E-state index contributed by atoms with van der Waals surface area (Å²) in [5, 5.41) is 5.78. The van der Waals surface area contributed by atoms with Crippen LogP contribution in [0.3, 0.4) is 0 Å². The fourth-order valence-electron chi connectivity index (χ4n) is 3.00. The molecule has 5 nitrogen and oxygen atoms in total. The Hall–Kier alpha value is -1.88. The molecule has 1 fully saturated rings. The van der Waals surface area contributed by atoms with Crippen LogP contribution in [0.5, 0.6) is 0 Å². The highest BCUT2D eigenvalue weighted by molar-refractivity contribution is 5.99. The maximum Gasteiger partial charge on any atom is 0.251 e. The predicted octanol–water partition coefficient (Wildman–Crippen LogP) is 2.73. The van der Waals surface area contributed by atoms with Gasteiger partial charge in [-0.2, -0.15) is 0 Å². The Kier molecular flexibility index (Phi) is 5.42. The predicted molar refractivity (Wildman–Crippen MR) is 92.4 cm³/mol. The normalized spacial score (nSPS) is 16.9. The standard InChI is InChI=1S/C18H27N3O2/c1-12(2)20-16(22)15-8-7-14(11-13(15)3)21-17(23)18(19)9-5-4-6-10-18/h7-8,11-12H,4-6,9-10,19H2,1-3H3,(H,20,22)(H,21,23). The van der Waals surface area contributed by atoms with Crippen LogP contribution in [0.15, 0.2) is 18.2 Å². The SMILES string of the molecule is Cc1cc(NC(=O)C2(N)CCCCC2)ccc1C(=O)NC(C)C. The number of hydrogen-bond donors (Lipinski definition) is 3. The van der Waals surface area contributed by atoms with Gasteiger partial charge in [0.2, 0.25) is 5.91 Å². The van der Waals surface area contributed by atoms with Crippen molar-refractivity contribution in [1.82, 2.24) is 5.32 Å². The van der Waals surface area contributed by atoms with E-state index >= 15 is 0 Å². The van der Waals surface area contributed by atoms with Gasteiger partial charge in [-0.3, -0.25) is 9.59 Å². The van der Waals surface area contributed by atoms with Crippen molar-refractivity contribution in [2.75, 3.05) is 5.32 Å². The van der Waals surface area contributed by atoms with Gasteiger partial charge in [0.1, 0.15) is 0 Å². The van der Waals surface area contributed by atoms with Gasteiger partial charge in [-0.15, -0.1) is 0 Å². The molecule has 0 saturated heterocycles. The van der Waals surface area contributed by atoms with E-state index in [1.54, 1.807) is 12.1 Å². The molecule has 0 radical (unpaired) electrons. The van der Waals surface area contributed by atoms with E-state index < -0.39 is 5.54 Å². The molecule has 2 amide bonds. The summed E-state index contributed by atoms with van der Waals surface area (Å²) in [6.45, 7) is 5.71. The van der Waals surface area contributed by atoms with Gasteiger partial charge in [-0.05, 0) is 57.4 Å². The Morgan fingerprint density at radius 3 is 2.39 bits per heavy atom. The monoisotopic (exact) mass is 317 g/mol. The highest BCUT2D eigenvalue weighted by Crippen LogP contribution is 2.27. The maximum atomic E-state index is 12.4. The number of carbonyl (C=O) groups is 2. The molecular formula is C18H27N3O2. The number of aryl methyl sites for hydroxylation is 1. The number of nitrogens with two attached hydrogens (primary N) is 1. The number of amides is 2. The van der Waals surface area contributed by atoms with Crippen molar-refractivity contribution >= 4 is 17.5 Å². The lowest BCUT2D eigenvalue weighted by molar-refractivity contribution is -0.122. The third-order valence-electron chi connectivity index (χ3n) is 4.35. The minimum atomic E-state index is -0.764. The van der Waals surface area contributed by atoms with E-state index in [9.17, 15) is 9.59 Å².